The Kier molecular flexibility index (Phi) is 8.72. The van der Waals surface area contributed by atoms with E-state index in [-0.39, 0.29) is 17.5 Å². The molecule has 1 amide bonds. The summed E-state index contributed by atoms with van der Waals surface area (Å²) in [6.07, 6.45) is -10.8. The Bertz CT molecular complexity index is 983. The van der Waals surface area contributed by atoms with Gasteiger partial charge in [-0.15, -0.1) is 0 Å². The number of ether oxygens (including phenoxy) is 1. The molecule has 2 aromatic carbocycles. The quantitative estimate of drug-likeness (QED) is 0.419. The van der Waals surface area contributed by atoms with E-state index < -0.39 is 48.2 Å². The molecule has 0 heterocycles. The minimum Gasteiger partial charge on any atom is -0.358 e. The van der Waals surface area contributed by atoms with Crippen molar-refractivity contribution in [3.8, 4) is 6.07 Å². The van der Waals surface area contributed by atoms with Crippen LogP contribution in [-0.4, -0.2) is 30.0 Å². The summed E-state index contributed by atoms with van der Waals surface area (Å²) >= 11 is 0. The number of amides is 1. The molecule has 0 N–H and O–H groups in total. The first kappa shape index (κ1) is 27.2. The summed E-state index contributed by atoms with van der Waals surface area (Å²) in [7, 11) is 1.56. The molecule has 0 bridgehead atoms. The van der Waals surface area contributed by atoms with Gasteiger partial charge in [-0.2, -0.15) is 31.6 Å². The van der Waals surface area contributed by atoms with Gasteiger partial charge in [-0.25, -0.2) is 0 Å². The van der Waals surface area contributed by atoms with Gasteiger partial charge in [-0.1, -0.05) is 37.3 Å². The Hall–Kier alpha value is -3.06. The van der Waals surface area contributed by atoms with Gasteiger partial charge in [-0.3, -0.25) is 4.79 Å². The number of alkyl halides is 6. The number of hydrogen-bond acceptors (Lipinski definition) is 3. The number of likely N-dealkylation sites (N-methyl/N-ethyl adjacent to an activating group) is 1. The lowest BCUT2D eigenvalue weighted by Gasteiger charge is -2.36. The molecule has 0 saturated carbocycles. The summed E-state index contributed by atoms with van der Waals surface area (Å²) in [5.74, 6) is -0.963. The summed E-state index contributed by atoms with van der Waals surface area (Å²) < 4.78 is 84.6. The minimum atomic E-state index is -4.99. The molecule has 0 spiro atoms. The van der Waals surface area contributed by atoms with E-state index in [2.05, 4.69) is 0 Å². The number of nitrogens with zero attached hydrogens (tertiary/aromatic N) is 2. The number of hydrogen-bond donors (Lipinski definition) is 0. The average Bonchev–Trinajstić information content (AvgIpc) is 2.77. The smallest absolute Gasteiger partial charge is 0.358 e. The second-order valence-corrected chi connectivity index (χ2v) is 7.82. The van der Waals surface area contributed by atoms with Crippen molar-refractivity contribution in [3.63, 3.8) is 0 Å². The molecule has 0 fully saturated rings. The number of carbonyl (C=O) groups is 1. The molecule has 0 aromatic heterocycles. The highest BCUT2D eigenvalue weighted by atomic mass is 19.4. The van der Waals surface area contributed by atoms with Gasteiger partial charge in [0.25, 0.3) is 0 Å². The molecule has 3 atom stereocenters. The van der Waals surface area contributed by atoms with Gasteiger partial charge in [0.1, 0.15) is 0 Å². The highest BCUT2D eigenvalue weighted by Gasteiger charge is 2.38. The summed E-state index contributed by atoms with van der Waals surface area (Å²) in [6, 6.07) is 11.3. The molecular weight excluding hydrogens is 462 g/mol. The Labute approximate surface area is 193 Å². The topological polar surface area (TPSA) is 53.3 Å². The molecule has 2 aromatic rings. The Morgan fingerprint density at radius 2 is 1.56 bits per heavy atom. The van der Waals surface area contributed by atoms with Gasteiger partial charge in [0.15, 0.2) is 6.10 Å². The summed E-state index contributed by atoms with van der Waals surface area (Å²) in [6.45, 7) is 2.50. The van der Waals surface area contributed by atoms with E-state index in [1.54, 1.807) is 44.3 Å². The molecule has 0 radical (unpaired) electrons. The van der Waals surface area contributed by atoms with Crippen molar-refractivity contribution in [3.05, 3.63) is 70.8 Å². The van der Waals surface area contributed by atoms with Crippen LogP contribution in [-0.2, 0) is 28.5 Å². The first-order valence-corrected chi connectivity index (χ1v) is 10.4. The van der Waals surface area contributed by atoms with Gasteiger partial charge >= 0.3 is 12.4 Å². The fourth-order valence-corrected chi connectivity index (χ4v) is 3.79. The van der Waals surface area contributed by atoms with Crippen molar-refractivity contribution >= 4 is 5.91 Å². The van der Waals surface area contributed by atoms with E-state index >= 15 is 0 Å². The molecule has 0 aliphatic heterocycles. The third kappa shape index (κ3) is 6.73. The number of carbonyl (C=O) groups excluding carboxylic acids is 1. The van der Waals surface area contributed by atoms with Crippen LogP contribution in [0.15, 0.2) is 48.5 Å². The van der Waals surface area contributed by atoms with Crippen LogP contribution >= 0.6 is 0 Å². The lowest BCUT2D eigenvalue weighted by Crippen LogP contribution is -2.43. The highest BCUT2D eigenvalue weighted by Crippen LogP contribution is 2.37. The van der Waals surface area contributed by atoms with E-state index in [0.717, 1.165) is 0 Å². The minimum absolute atomic E-state index is 0.0347. The van der Waals surface area contributed by atoms with E-state index in [0.29, 0.717) is 24.1 Å². The average molecular weight is 486 g/mol. The predicted octanol–water partition coefficient (Wildman–Crippen LogP) is 6.17. The second kappa shape index (κ2) is 10.9. The van der Waals surface area contributed by atoms with Gasteiger partial charge in [0.05, 0.1) is 23.8 Å². The van der Waals surface area contributed by atoms with Crippen molar-refractivity contribution < 1.29 is 35.9 Å². The SMILES string of the molecule is CCC(C(c1ccccc1)C(C#N)OCc1cc(C(F)(F)F)cc(C(F)(F)F)c1)N(C)C(C)=O. The third-order valence-electron chi connectivity index (χ3n) is 5.54. The van der Waals surface area contributed by atoms with Crippen LogP contribution in [0.4, 0.5) is 26.3 Å². The van der Waals surface area contributed by atoms with Crippen LogP contribution in [0.2, 0.25) is 0 Å². The maximum Gasteiger partial charge on any atom is 0.416 e. The van der Waals surface area contributed by atoms with E-state index in [9.17, 15) is 36.4 Å². The maximum atomic E-state index is 13.2. The van der Waals surface area contributed by atoms with Crippen molar-refractivity contribution in [1.82, 2.24) is 4.90 Å². The van der Waals surface area contributed by atoms with Crippen molar-refractivity contribution in [1.29, 1.82) is 5.26 Å². The van der Waals surface area contributed by atoms with Gasteiger partial charge in [-0.05, 0) is 35.7 Å². The summed E-state index contributed by atoms with van der Waals surface area (Å²) in [5.41, 5.74) is -2.65. The molecule has 184 valence electrons. The summed E-state index contributed by atoms with van der Waals surface area (Å²) in [5, 5.41) is 9.83. The van der Waals surface area contributed by atoms with E-state index in [1.807, 2.05) is 6.07 Å². The van der Waals surface area contributed by atoms with Crippen LogP contribution in [0, 0.1) is 11.3 Å². The molecule has 3 unspecified atom stereocenters. The number of halogens is 6. The molecule has 2 rings (SSSR count). The van der Waals surface area contributed by atoms with Gasteiger partial charge in [0, 0.05) is 25.9 Å². The molecule has 10 heteroatoms. The van der Waals surface area contributed by atoms with Crippen molar-refractivity contribution in [2.45, 2.75) is 57.3 Å². The Morgan fingerprint density at radius 3 is 1.97 bits per heavy atom. The van der Waals surface area contributed by atoms with Crippen LogP contribution in [0.1, 0.15) is 48.4 Å². The van der Waals surface area contributed by atoms with Gasteiger partial charge < -0.3 is 9.64 Å². The van der Waals surface area contributed by atoms with Crippen LogP contribution in [0.3, 0.4) is 0 Å². The van der Waals surface area contributed by atoms with Crippen molar-refractivity contribution in [2.24, 2.45) is 0 Å². The van der Waals surface area contributed by atoms with Crippen LogP contribution in [0.5, 0.6) is 0 Å². The molecule has 0 aliphatic carbocycles. The predicted molar refractivity (Wildman–Crippen MR) is 112 cm³/mol. The first-order chi connectivity index (χ1) is 15.8. The van der Waals surface area contributed by atoms with E-state index in [1.165, 1.54) is 11.8 Å². The first-order valence-electron chi connectivity index (χ1n) is 10.4. The van der Waals surface area contributed by atoms with Crippen molar-refractivity contribution in [2.75, 3.05) is 7.05 Å². The van der Waals surface area contributed by atoms with E-state index in [4.69, 9.17) is 4.74 Å². The number of benzene rings is 2. The highest BCUT2D eigenvalue weighted by molar-refractivity contribution is 5.73. The van der Waals surface area contributed by atoms with Crippen LogP contribution < -0.4 is 0 Å². The zero-order valence-corrected chi connectivity index (χ0v) is 18.7. The monoisotopic (exact) mass is 486 g/mol. The lowest BCUT2D eigenvalue weighted by atomic mass is 9.84. The fraction of sp³-hybridized carbons (Fsp3) is 0.417. The molecule has 0 aliphatic rings. The Morgan fingerprint density at radius 1 is 1.03 bits per heavy atom. The Balaban J connectivity index is 2.44. The number of nitriles is 1. The normalized spacial score (nSPS) is 14.7. The second-order valence-electron chi connectivity index (χ2n) is 7.82. The zero-order valence-electron chi connectivity index (χ0n) is 18.7. The standard InChI is InChI=1S/C24H24F6N2O2/c1-4-20(32(3)15(2)33)22(17-8-6-5-7-9-17)21(13-31)34-14-16-10-18(23(25,26)27)12-19(11-16)24(28,29)30/h5-12,20-22H,4,14H2,1-3H3. The largest absolute Gasteiger partial charge is 0.416 e. The van der Waals surface area contributed by atoms with Gasteiger partial charge in [0.2, 0.25) is 5.91 Å². The van der Waals surface area contributed by atoms with Crippen LogP contribution in [0.25, 0.3) is 0 Å². The molecular formula is C24H24F6N2O2. The maximum absolute atomic E-state index is 13.2. The zero-order chi connectivity index (χ0) is 25.7. The molecule has 34 heavy (non-hydrogen) atoms. The lowest BCUT2D eigenvalue weighted by molar-refractivity contribution is -0.143. The fourth-order valence-electron chi connectivity index (χ4n) is 3.79. The third-order valence-corrected chi connectivity index (χ3v) is 5.54. The molecule has 0 saturated heterocycles. The molecule has 4 nitrogen and oxygen atoms in total. The number of rotatable bonds is 8. The summed E-state index contributed by atoms with van der Waals surface area (Å²) in [4.78, 5) is 13.5.